The summed E-state index contributed by atoms with van der Waals surface area (Å²) < 4.78 is 0. The van der Waals surface area contributed by atoms with Crippen LogP contribution in [0, 0.1) is 0 Å². The Kier molecular flexibility index (Phi) is 6.61. The first-order valence-electron chi connectivity index (χ1n) is 7.09. The van der Waals surface area contributed by atoms with Crippen molar-refractivity contribution in [2.75, 3.05) is 20.1 Å². The number of amides is 1. The minimum Gasteiger partial charge on any atom is -0.368 e. The zero-order valence-corrected chi connectivity index (χ0v) is 12.5. The van der Waals surface area contributed by atoms with E-state index in [1.165, 1.54) is 0 Å². The van der Waals surface area contributed by atoms with Gasteiger partial charge in [0.05, 0.1) is 5.54 Å². The van der Waals surface area contributed by atoms with E-state index >= 15 is 0 Å². The van der Waals surface area contributed by atoms with Gasteiger partial charge < -0.3 is 16.4 Å². The van der Waals surface area contributed by atoms with Gasteiger partial charge in [-0.1, -0.05) is 6.07 Å². The first-order chi connectivity index (χ1) is 9.42. The molecule has 5 heteroatoms. The molecule has 0 aliphatic carbocycles. The van der Waals surface area contributed by atoms with Crippen LogP contribution in [-0.2, 0) is 11.2 Å². The number of hydrogen-bond donors (Lipinski definition) is 2. The molecule has 1 heterocycles. The lowest BCUT2D eigenvalue weighted by Gasteiger charge is -2.21. The summed E-state index contributed by atoms with van der Waals surface area (Å²) in [5, 5.41) is 0. The molecular formula is C15H26N4O. The van der Waals surface area contributed by atoms with Crippen LogP contribution in [0.15, 0.2) is 24.4 Å². The number of primary amides is 1. The number of nitrogens with two attached hydrogens (primary N) is 2. The van der Waals surface area contributed by atoms with Crippen LogP contribution in [-0.4, -0.2) is 41.5 Å². The van der Waals surface area contributed by atoms with Gasteiger partial charge in [0.25, 0.3) is 0 Å². The van der Waals surface area contributed by atoms with Gasteiger partial charge in [-0.05, 0) is 51.9 Å². The van der Waals surface area contributed by atoms with Crippen LogP contribution in [0.2, 0.25) is 0 Å². The molecule has 0 bridgehead atoms. The van der Waals surface area contributed by atoms with Crippen LogP contribution in [0.25, 0.3) is 0 Å². The Labute approximate surface area is 121 Å². The number of aromatic nitrogens is 1. The van der Waals surface area contributed by atoms with E-state index in [1.807, 2.05) is 24.4 Å². The molecule has 20 heavy (non-hydrogen) atoms. The van der Waals surface area contributed by atoms with E-state index < -0.39 is 11.4 Å². The Bertz CT molecular complexity index is 406. The molecule has 0 aliphatic heterocycles. The SMILES string of the molecule is CN(CCCCC(C)(N)C(N)=O)CCc1ccccn1. The second-order valence-corrected chi connectivity index (χ2v) is 5.61. The molecular weight excluding hydrogens is 252 g/mol. The molecule has 1 unspecified atom stereocenters. The van der Waals surface area contributed by atoms with Gasteiger partial charge in [-0.2, -0.15) is 0 Å². The molecule has 1 rings (SSSR count). The van der Waals surface area contributed by atoms with E-state index in [2.05, 4.69) is 16.9 Å². The van der Waals surface area contributed by atoms with Gasteiger partial charge in [-0.3, -0.25) is 9.78 Å². The molecule has 0 aliphatic rings. The molecule has 0 radical (unpaired) electrons. The highest BCUT2D eigenvalue weighted by molar-refractivity contribution is 5.83. The van der Waals surface area contributed by atoms with Gasteiger partial charge in [-0.25, -0.2) is 0 Å². The number of unbranched alkanes of at least 4 members (excludes halogenated alkanes) is 1. The van der Waals surface area contributed by atoms with Crippen molar-refractivity contribution in [3.05, 3.63) is 30.1 Å². The number of carbonyl (C=O) groups is 1. The molecule has 1 amide bonds. The van der Waals surface area contributed by atoms with Gasteiger partial charge in [0.1, 0.15) is 0 Å². The first-order valence-corrected chi connectivity index (χ1v) is 7.09. The largest absolute Gasteiger partial charge is 0.368 e. The fraction of sp³-hybridized carbons (Fsp3) is 0.600. The van der Waals surface area contributed by atoms with E-state index in [4.69, 9.17) is 11.5 Å². The van der Waals surface area contributed by atoms with E-state index in [-0.39, 0.29) is 0 Å². The van der Waals surface area contributed by atoms with Gasteiger partial charge in [-0.15, -0.1) is 0 Å². The average Bonchev–Trinajstić information content (AvgIpc) is 2.42. The predicted octanol–water partition coefficient (Wildman–Crippen LogP) is 0.929. The first kappa shape index (κ1) is 16.6. The normalized spacial score (nSPS) is 14.2. The van der Waals surface area contributed by atoms with Crippen molar-refractivity contribution in [1.82, 2.24) is 9.88 Å². The topological polar surface area (TPSA) is 85.2 Å². The number of rotatable bonds is 9. The summed E-state index contributed by atoms with van der Waals surface area (Å²) in [6, 6.07) is 5.98. The van der Waals surface area contributed by atoms with Gasteiger partial charge in [0, 0.05) is 24.9 Å². The molecule has 1 aromatic rings. The van der Waals surface area contributed by atoms with Crippen LogP contribution in [0.3, 0.4) is 0 Å². The standard InChI is InChI=1S/C15H26N4O/c1-15(17,14(16)20)9-4-6-11-19(2)12-8-13-7-3-5-10-18-13/h3,5,7,10H,4,6,8-9,11-12,17H2,1-2H3,(H2,16,20). The van der Waals surface area contributed by atoms with Gasteiger partial charge in [0.2, 0.25) is 5.91 Å². The Hall–Kier alpha value is -1.46. The molecule has 0 aromatic carbocycles. The summed E-state index contributed by atoms with van der Waals surface area (Å²) in [4.78, 5) is 17.7. The van der Waals surface area contributed by atoms with Crippen molar-refractivity contribution in [1.29, 1.82) is 0 Å². The maximum absolute atomic E-state index is 11.1. The highest BCUT2D eigenvalue weighted by atomic mass is 16.1. The Morgan fingerprint density at radius 3 is 2.70 bits per heavy atom. The Morgan fingerprint density at radius 1 is 1.35 bits per heavy atom. The van der Waals surface area contributed by atoms with Gasteiger partial charge in [0.15, 0.2) is 0 Å². The number of carbonyl (C=O) groups excluding carboxylic acids is 1. The third kappa shape index (κ3) is 6.12. The van der Waals surface area contributed by atoms with Crippen molar-refractivity contribution >= 4 is 5.91 Å². The Morgan fingerprint density at radius 2 is 2.10 bits per heavy atom. The molecule has 1 atom stereocenters. The summed E-state index contributed by atoms with van der Waals surface area (Å²) >= 11 is 0. The van der Waals surface area contributed by atoms with Crippen LogP contribution < -0.4 is 11.5 Å². The van der Waals surface area contributed by atoms with Crippen molar-refractivity contribution in [3.8, 4) is 0 Å². The maximum atomic E-state index is 11.1. The third-order valence-corrected chi connectivity index (χ3v) is 3.52. The average molecular weight is 278 g/mol. The fourth-order valence-electron chi connectivity index (χ4n) is 1.96. The smallest absolute Gasteiger partial charge is 0.237 e. The number of nitrogens with zero attached hydrogens (tertiary/aromatic N) is 2. The fourth-order valence-corrected chi connectivity index (χ4v) is 1.96. The lowest BCUT2D eigenvalue weighted by Crippen LogP contribution is -2.49. The number of pyridine rings is 1. The van der Waals surface area contributed by atoms with Crippen LogP contribution in [0.5, 0.6) is 0 Å². The highest BCUT2D eigenvalue weighted by Crippen LogP contribution is 2.10. The zero-order valence-electron chi connectivity index (χ0n) is 12.5. The summed E-state index contributed by atoms with van der Waals surface area (Å²) in [6.07, 6.45) is 5.33. The molecule has 0 saturated heterocycles. The van der Waals surface area contributed by atoms with Crippen LogP contribution in [0.4, 0.5) is 0 Å². The van der Waals surface area contributed by atoms with Crippen LogP contribution in [0.1, 0.15) is 31.9 Å². The second kappa shape index (κ2) is 7.97. The molecule has 0 spiro atoms. The van der Waals surface area contributed by atoms with E-state index in [1.54, 1.807) is 6.92 Å². The van der Waals surface area contributed by atoms with Gasteiger partial charge >= 0.3 is 0 Å². The van der Waals surface area contributed by atoms with E-state index in [0.717, 1.165) is 38.0 Å². The molecule has 4 N–H and O–H groups in total. The summed E-state index contributed by atoms with van der Waals surface area (Å²) in [7, 11) is 2.10. The van der Waals surface area contributed by atoms with E-state index in [9.17, 15) is 4.79 Å². The van der Waals surface area contributed by atoms with Crippen molar-refractivity contribution in [2.24, 2.45) is 11.5 Å². The van der Waals surface area contributed by atoms with Crippen molar-refractivity contribution < 1.29 is 4.79 Å². The monoisotopic (exact) mass is 278 g/mol. The summed E-state index contributed by atoms with van der Waals surface area (Å²) in [6.45, 7) is 3.66. The predicted molar refractivity (Wildman–Crippen MR) is 81.1 cm³/mol. The van der Waals surface area contributed by atoms with Crippen molar-refractivity contribution in [3.63, 3.8) is 0 Å². The lowest BCUT2D eigenvalue weighted by atomic mass is 9.95. The minimum absolute atomic E-state index is 0.430. The highest BCUT2D eigenvalue weighted by Gasteiger charge is 2.24. The quantitative estimate of drug-likeness (QED) is 0.658. The number of likely N-dealkylation sites (N-methyl/N-ethyl adjacent to an activating group) is 1. The number of hydrogen-bond acceptors (Lipinski definition) is 4. The molecule has 0 saturated carbocycles. The molecule has 5 nitrogen and oxygen atoms in total. The van der Waals surface area contributed by atoms with E-state index in [0.29, 0.717) is 6.42 Å². The third-order valence-electron chi connectivity index (χ3n) is 3.52. The summed E-state index contributed by atoms with van der Waals surface area (Å²) in [5.41, 5.74) is 11.3. The lowest BCUT2D eigenvalue weighted by molar-refractivity contribution is -0.122. The van der Waals surface area contributed by atoms with Crippen LogP contribution >= 0.6 is 0 Å². The minimum atomic E-state index is -0.882. The molecule has 1 aromatic heterocycles. The maximum Gasteiger partial charge on any atom is 0.237 e. The molecule has 112 valence electrons. The molecule has 0 fully saturated rings. The van der Waals surface area contributed by atoms with Crippen molar-refractivity contribution in [2.45, 2.75) is 38.1 Å². The zero-order chi connectivity index (χ0) is 15.0. The Balaban J connectivity index is 2.15. The second-order valence-electron chi connectivity index (χ2n) is 5.61. The summed E-state index contributed by atoms with van der Waals surface area (Å²) in [5.74, 6) is -0.430.